The van der Waals surface area contributed by atoms with Crippen molar-refractivity contribution < 1.29 is 22.3 Å². The van der Waals surface area contributed by atoms with Gasteiger partial charge >= 0.3 is 0 Å². The Labute approximate surface area is 177 Å². The number of hydrogen-bond acceptors (Lipinski definition) is 4. The lowest BCUT2D eigenvalue weighted by Gasteiger charge is -2.32. The van der Waals surface area contributed by atoms with E-state index in [-0.39, 0.29) is 35.0 Å². The summed E-state index contributed by atoms with van der Waals surface area (Å²) < 4.78 is 46.2. The van der Waals surface area contributed by atoms with E-state index in [2.05, 4.69) is 5.32 Å². The van der Waals surface area contributed by atoms with Crippen molar-refractivity contribution in [1.29, 1.82) is 0 Å². The predicted molar refractivity (Wildman–Crippen MR) is 112 cm³/mol. The molecule has 0 bridgehead atoms. The summed E-state index contributed by atoms with van der Waals surface area (Å²) >= 11 is 0. The molecule has 1 amide bonds. The van der Waals surface area contributed by atoms with E-state index in [1.165, 1.54) is 23.5 Å². The van der Waals surface area contributed by atoms with Gasteiger partial charge in [-0.05, 0) is 62.1 Å². The number of carbonyl (C=O) groups is 1. The zero-order chi connectivity index (χ0) is 21.9. The minimum atomic E-state index is -3.79. The van der Waals surface area contributed by atoms with Crippen LogP contribution in [0.25, 0.3) is 0 Å². The highest BCUT2D eigenvalue weighted by atomic mass is 32.2. The lowest BCUT2D eigenvalue weighted by atomic mass is 9.98. The first kappa shape index (κ1) is 22.2. The van der Waals surface area contributed by atoms with Gasteiger partial charge in [-0.15, -0.1) is 0 Å². The summed E-state index contributed by atoms with van der Waals surface area (Å²) in [6, 6.07) is 10.7. The van der Waals surface area contributed by atoms with Crippen molar-refractivity contribution in [1.82, 2.24) is 9.62 Å². The molecule has 162 valence electrons. The van der Waals surface area contributed by atoms with Crippen molar-refractivity contribution in [3.63, 3.8) is 0 Å². The highest BCUT2D eigenvalue weighted by molar-refractivity contribution is 7.89. The number of methoxy groups -OCH3 is 1. The number of hydrogen-bond donors (Lipinski definition) is 1. The Bertz CT molecular complexity index is 1010. The molecule has 0 aliphatic carbocycles. The lowest BCUT2D eigenvalue weighted by Crippen LogP contribution is -2.45. The van der Waals surface area contributed by atoms with Gasteiger partial charge in [-0.1, -0.05) is 18.2 Å². The average Bonchev–Trinajstić information content (AvgIpc) is 2.74. The highest BCUT2D eigenvalue weighted by Crippen LogP contribution is 2.31. The topological polar surface area (TPSA) is 75.7 Å². The van der Waals surface area contributed by atoms with Crippen LogP contribution in [0.15, 0.2) is 47.4 Å². The Hall–Kier alpha value is -2.45. The summed E-state index contributed by atoms with van der Waals surface area (Å²) in [6.07, 6.45) is 1.20. The van der Waals surface area contributed by atoms with E-state index in [0.29, 0.717) is 19.4 Å². The summed E-state index contributed by atoms with van der Waals surface area (Å²) in [5, 5.41) is 2.92. The van der Waals surface area contributed by atoms with Crippen LogP contribution in [0.4, 0.5) is 4.39 Å². The Morgan fingerprint density at radius 2 is 1.93 bits per heavy atom. The van der Waals surface area contributed by atoms with Gasteiger partial charge < -0.3 is 10.1 Å². The number of nitrogens with zero attached hydrogens (tertiary/aromatic N) is 1. The molecule has 1 saturated heterocycles. The fourth-order valence-electron chi connectivity index (χ4n) is 3.67. The van der Waals surface area contributed by atoms with Gasteiger partial charge in [0.15, 0.2) is 0 Å². The van der Waals surface area contributed by atoms with Crippen LogP contribution in [0.3, 0.4) is 0 Å². The number of ether oxygens (including phenoxy) is 1. The van der Waals surface area contributed by atoms with Crippen molar-refractivity contribution >= 4 is 15.9 Å². The van der Waals surface area contributed by atoms with Crippen molar-refractivity contribution in [2.24, 2.45) is 5.92 Å². The molecule has 3 rings (SSSR count). The molecule has 2 aromatic carbocycles. The minimum absolute atomic E-state index is 0.113. The monoisotopic (exact) mass is 434 g/mol. The summed E-state index contributed by atoms with van der Waals surface area (Å²) in [7, 11) is -2.35. The van der Waals surface area contributed by atoms with Crippen LogP contribution < -0.4 is 10.1 Å². The van der Waals surface area contributed by atoms with E-state index < -0.39 is 15.9 Å². The zero-order valence-corrected chi connectivity index (χ0v) is 18.2. The number of piperidine rings is 1. The first-order chi connectivity index (χ1) is 14.2. The SMILES string of the molecule is COc1ccc(C)cc1S(=O)(=O)N1CCC[C@@H](C(=O)N[C@H](C)c2ccc(F)cc2)C1. The third kappa shape index (κ3) is 4.82. The number of amides is 1. The van der Waals surface area contributed by atoms with E-state index in [4.69, 9.17) is 4.74 Å². The fourth-order valence-corrected chi connectivity index (χ4v) is 5.43. The van der Waals surface area contributed by atoms with Crippen molar-refractivity contribution in [3.8, 4) is 5.75 Å². The fraction of sp³-hybridized carbons (Fsp3) is 0.409. The van der Waals surface area contributed by atoms with Crippen LogP contribution >= 0.6 is 0 Å². The molecule has 0 unspecified atom stereocenters. The zero-order valence-electron chi connectivity index (χ0n) is 17.4. The quantitative estimate of drug-likeness (QED) is 0.756. The van der Waals surface area contributed by atoms with Gasteiger partial charge in [-0.25, -0.2) is 12.8 Å². The van der Waals surface area contributed by atoms with Crippen LogP contribution in [-0.2, 0) is 14.8 Å². The number of nitrogens with one attached hydrogen (secondary N) is 1. The molecule has 0 aromatic heterocycles. The Morgan fingerprint density at radius 3 is 2.60 bits per heavy atom. The van der Waals surface area contributed by atoms with E-state index >= 15 is 0 Å². The van der Waals surface area contributed by atoms with E-state index in [1.807, 2.05) is 13.8 Å². The molecule has 0 saturated carbocycles. The van der Waals surface area contributed by atoms with E-state index in [0.717, 1.165) is 11.1 Å². The first-order valence-electron chi connectivity index (χ1n) is 9.93. The molecule has 2 atom stereocenters. The second-order valence-corrected chi connectivity index (χ2v) is 9.54. The molecule has 0 radical (unpaired) electrons. The third-order valence-electron chi connectivity index (χ3n) is 5.42. The number of halogens is 1. The highest BCUT2D eigenvalue weighted by Gasteiger charge is 2.35. The Balaban J connectivity index is 1.73. The first-order valence-corrected chi connectivity index (χ1v) is 11.4. The number of aryl methyl sites for hydroxylation is 1. The normalized spacial score (nSPS) is 18.6. The van der Waals surface area contributed by atoms with E-state index in [1.54, 1.807) is 30.3 Å². The molecule has 1 N–H and O–H groups in total. The van der Waals surface area contributed by atoms with Gasteiger partial charge in [0, 0.05) is 13.1 Å². The standard InChI is InChI=1S/C22H27FN2O4S/c1-15-6-11-20(29-3)21(13-15)30(27,28)25-12-4-5-18(14-25)22(26)24-16(2)17-7-9-19(23)10-8-17/h6-11,13,16,18H,4-5,12,14H2,1-3H3,(H,24,26)/t16-,18-/m1/s1. The molecular formula is C22H27FN2O4S. The Morgan fingerprint density at radius 1 is 1.23 bits per heavy atom. The predicted octanol–water partition coefficient (Wildman–Crippen LogP) is 3.42. The van der Waals surface area contributed by atoms with Crippen molar-refractivity contribution in [3.05, 3.63) is 59.4 Å². The number of benzene rings is 2. The maximum atomic E-state index is 13.2. The lowest BCUT2D eigenvalue weighted by molar-refractivity contribution is -0.126. The summed E-state index contributed by atoms with van der Waals surface area (Å²) in [5.41, 5.74) is 1.60. The van der Waals surface area contributed by atoms with Gasteiger partial charge in [0.1, 0.15) is 16.5 Å². The molecule has 1 aliphatic heterocycles. The second-order valence-electron chi connectivity index (χ2n) is 7.64. The summed E-state index contributed by atoms with van der Waals surface area (Å²) in [6.45, 7) is 4.11. The molecule has 1 aliphatic rings. The van der Waals surface area contributed by atoms with Crippen LogP contribution in [-0.4, -0.2) is 38.8 Å². The molecule has 0 spiro atoms. The third-order valence-corrected chi connectivity index (χ3v) is 7.31. The molecule has 1 heterocycles. The van der Waals surface area contributed by atoms with E-state index in [9.17, 15) is 17.6 Å². The van der Waals surface area contributed by atoms with Gasteiger partial charge in [-0.2, -0.15) is 4.31 Å². The maximum Gasteiger partial charge on any atom is 0.246 e. The number of sulfonamides is 1. The van der Waals surface area contributed by atoms with Crippen LogP contribution in [0, 0.1) is 18.7 Å². The number of carbonyl (C=O) groups excluding carboxylic acids is 1. The van der Waals surface area contributed by atoms with Crippen molar-refractivity contribution in [2.75, 3.05) is 20.2 Å². The molecule has 8 heteroatoms. The smallest absolute Gasteiger partial charge is 0.246 e. The van der Waals surface area contributed by atoms with Gasteiger partial charge in [0.05, 0.1) is 19.1 Å². The van der Waals surface area contributed by atoms with Gasteiger partial charge in [0.25, 0.3) is 0 Å². The molecule has 6 nitrogen and oxygen atoms in total. The molecule has 30 heavy (non-hydrogen) atoms. The largest absolute Gasteiger partial charge is 0.495 e. The molecular weight excluding hydrogens is 407 g/mol. The van der Waals surface area contributed by atoms with Crippen LogP contribution in [0.1, 0.15) is 36.9 Å². The maximum absolute atomic E-state index is 13.2. The average molecular weight is 435 g/mol. The van der Waals surface area contributed by atoms with Gasteiger partial charge in [-0.3, -0.25) is 4.79 Å². The Kier molecular flexibility index (Phi) is 6.77. The van der Waals surface area contributed by atoms with Gasteiger partial charge in [0.2, 0.25) is 15.9 Å². The van der Waals surface area contributed by atoms with Crippen molar-refractivity contribution in [2.45, 2.75) is 37.6 Å². The van der Waals surface area contributed by atoms with Crippen LogP contribution in [0.2, 0.25) is 0 Å². The summed E-state index contributed by atoms with van der Waals surface area (Å²) in [4.78, 5) is 12.9. The molecule has 1 fully saturated rings. The minimum Gasteiger partial charge on any atom is -0.495 e. The number of rotatable bonds is 6. The molecule has 2 aromatic rings. The second kappa shape index (κ2) is 9.14. The summed E-state index contributed by atoms with van der Waals surface area (Å²) in [5.74, 6) is -0.704. The van der Waals surface area contributed by atoms with Crippen LogP contribution in [0.5, 0.6) is 5.75 Å².